The third-order valence-corrected chi connectivity index (χ3v) is 2.89. The molecular weight excluding hydrogens is 187 g/mol. The van der Waals surface area contributed by atoms with E-state index in [1.165, 1.54) is 6.92 Å². The van der Waals surface area contributed by atoms with Gasteiger partial charge in [0, 0.05) is 12.5 Å². The largest absolute Gasteiger partial charge is 0.593 e. The molecule has 70 valence electrons. The maximum absolute atomic E-state index is 10.7. The highest BCUT2D eigenvalue weighted by Crippen LogP contribution is 2.38. The second kappa shape index (κ2) is 3.54. The van der Waals surface area contributed by atoms with Crippen molar-refractivity contribution in [2.45, 2.75) is 19.2 Å². The summed E-state index contributed by atoms with van der Waals surface area (Å²) in [5.41, 5.74) is 1.33. The lowest BCUT2D eigenvalue weighted by atomic mass is 10.1. The highest BCUT2D eigenvalue weighted by atomic mass is 31.1. The Hall–Kier alpha value is -0.760. The van der Waals surface area contributed by atoms with Gasteiger partial charge in [-0.05, 0) is 13.0 Å². The van der Waals surface area contributed by atoms with Crippen molar-refractivity contribution in [1.82, 2.24) is 0 Å². The van der Waals surface area contributed by atoms with E-state index in [0.717, 1.165) is 5.56 Å². The van der Waals surface area contributed by atoms with Crippen molar-refractivity contribution < 1.29 is 14.6 Å². The lowest BCUT2D eigenvalue weighted by Gasteiger charge is -2.14. The van der Waals surface area contributed by atoms with Gasteiger partial charge in [0.05, 0.1) is 0 Å². The van der Waals surface area contributed by atoms with E-state index in [-0.39, 0.29) is 0 Å². The summed E-state index contributed by atoms with van der Waals surface area (Å²) in [4.78, 5) is 10.7. The molecule has 1 aromatic rings. The van der Waals surface area contributed by atoms with Crippen LogP contribution in [0.5, 0.6) is 0 Å². The first-order valence-electron chi connectivity index (χ1n) is 3.88. The molecule has 1 aromatic carbocycles. The highest BCUT2D eigenvalue weighted by molar-refractivity contribution is 7.37. The molecule has 0 saturated carbocycles. The molecule has 1 N–H and O–H groups in total. The third kappa shape index (κ3) is 2.13. The zero-order valence-corrected chi connectivity index (χ0v) is 8.41. The van der Waals surface area contributed by atoms with Crippen molar-refractivity contribution in [3.05, 3.63) is 35.4 Å². The van der Waals surface area contributed by atoms with Crippen LogP contribution >= 0.6 is 8.03 Å². The van der Waals surface area contributed by atoms with Crippen LogP contribution in [0.15, 0.2) is 24.3 Å². The summed E-state index contributed by atoms with van der Waals surface area (Å²) >= 11 is 0. The topological polar surface area (TPSA) is 60.4 Å². The van der Waals surface area contributed by atoms with E-state index in [9.17, 15) is 14.6 Å². The van der Waals surface area contributed by atoms with Crippen LogP contribution in [-0.4, -0.2) is 5.11 Å². The lowest BCUT2D eigenvalue weighted by molar-refractivity contribution is -0.179. The summed E-state index contributed by atoms with van der Waals surface area (Å²) in [7, 11) is -2.88. The number of hydrogen-bond donors (Lipinski definition) is 1. The third-order valence-electron chi connectivity index (χ3n) is 1.92. The maximum Gasteiger partial charge on any atom is 0.349 e. The number of aliphatic hydroxyl groups is 1. The molecule has 0 spiro atoms. The standard InChI is InChI=1S/C9H11O3P/c1-7-4-3-5-8(6-7)9(2,10)13(11)12/h3-6,10H,1-2H3. The van der Waals surface area contributed by atoms with Gasteiger partial charge >= 0.3 is 8.03 Å². The van der Waals surface area contributed by atoms with E-state index in [1.54, 1.807) is 18.2 Å². The Balaban J connectivity index is 3.14. The monoisotopic (exact) mass is 198 g/mol. The molecule has 0 bridgehead atoms. The molecule has 3 nitrogen and oxygen atoms in total. The molecule has 0 fully saturated rings. The Morgan fingerprint density at radius 2 is 2.15 bits per heavy atom. The van der Waals surface area contributed by atoms with Gasteiger partial charge in [0.15, 0.2) is 0 Å². The molecule has 0 aliphatic heterocycles. The smallest absolute Gasteiger partial charge is 0.349 e. The predicted molar refractivity (Wildman–Crippen MR) is 48.4 cm³/mol. The van der Waals surface area contributed by atoms with Crippen molar-refractivity contribution in [2.24, 2.45) is 0 Å². The fraction of sp³-hybridized carbons (Fsp3) is 0.333. The van der Waals surface area contributed by atoms with E-state index in [1.807, 2.05) is 13.0 Å². The predicted octanol–water partition coefficient (Wildman–Crippen LogP) is 1.26. The number of rotatable bonds is 2. The molecule has 0 saturated heterocycles. The van der Waals surface area contributed by atoms with E-state index in [0.29, 0.717) is 5.56 Å². The second-order valence-electron chi connectivity index (χ2n) is 3.15. The Morgan fingerprint density at radius 1 is 1.54 bits per heavy atom. The van der Waals surface area contributed by atoms with Crippen LogP contribution in [0.3, 0.4) is 0 Å². The van der Waals surface area contributed by atoms with Gasteiger partial charge in [-0.1, -0.05) is 28.3 Å². The van der Waals surface area contributed by atoms with Crippen LogP contribution in [0.1, 0.15) is 18.1 Å². The summed E-state index contributed by atoms with van der Waals surface area (Å²) in [6.07, 6.45) is 0. The van der Waals surface area contributed by atoms with E-state index in [2.05, 4.69) is 0 Å². The van der Waals surface area contributed by atoms with Crippen LogP contribution in [-0.2, 0) is 9.91 Å². The van der Waals surface area contributed by atoms with Gasteiger partial charge in [-0.2, -0.15) is 0 Å². The Kier molecular flexibility index (Phi) is 2.81. The first-order valence-corrected chi connectivity index (χ1v) is 5.06. The van der Waals surface area contributed by atoms with E-state index >= 15 is 0 Å². The highest BCUT2D eigenvalue weighted by Gasteiger charge is 2.37. The second-order valence-corrected chi connectivity index (χ2v) is 4.53. The number of benzene rings is 1. The quantitative estimate of drug-likeness (QED) is 0.728. The van der Waals surface area contributed by atoms with Crippen LogP contribution in [0.4, 0.5) is 0 Å². The maximum atomic E-state index is 10.7. The first kappa shape index (κ1) is 10.3. The summed E-state index contributed by atoms with van der Waals surface area (Å²) in [5, 5.41) is 7.83. The van der Waals surface area contributed by atoms with Crippen molar-refractivity contribution in [2.75, 3.05) is 0 Å². The van der Waals surface area contributed by atoms with Gasteiger partial charge < -0.3 is 10.00 Å². The zero-order valence-electron chi connectivity index (χ0n) is 7.52. The Labute approximate surface area is 77.9 Å². The molecule has 0 radical (unpaired) electrons. The van der Waals surface area contributed by atoms with Crippen molar-refractivity contribution >= 4 is 8.03 Å². The molecule has 4 heteroatoms. The number of aryl methyl sites for hydroxylation is 1. The molecule has 0 aromatic heterocycles. The minimum atomic E-state index is -2.88. The Morgan fingerprint density at radius 3 is 2.62 bits per heavy atom. The molecule has 0 heterocycles. The molecule has 0 aliphatic carbocycles. The van der Waals surface area contributed by atoms with E-state index in [4.69, 9.17) is 0 Å². The summed E-state index contributed by atoms with van der Waals surface area (Å²) in [6, 6.07) is 6.82. The first-order chi connectivity index (χ1) is 5.94. The lowest BCUT2D eigenvalue weighted by Crippen LogP contribution is -2.20. The fourth-order valence-corrected chi connectivity index (χ4v) is 1.39. The molecule has 1 rings (SSSR count). The van der Waals surface area contributed by atoms with Crippen LogP contribution in [0.25, 0.3) is 0 Å². The van der Waals surface area contributed by atoms with Gasteiger partial charge in [-0.25, -0.2) is 0 Å². The van der Waals surface area contributed by atoms with Crippen molar-refractivity contribution in [3.8, 4) is 0 Å². The SMILES string of the molecule is Cc1cccc(C(C)(O)[P+](=O)[O-])c1. The molecule has 2 atom stereocenters. The van der Waals surface area contributed by atoms with Crippen LogP contribution in [0, 0.1) is 6.92 Å². The molecule has 0 aliphatic rings. The van der Waals surface area contributed by atoms with Gasteiger partial charge in [0.25, 0.3) is 5.34 Å². The minimum absolute atomic E-state index is 0.406. The normalized spacial score (nSPS) is 16.5. The molecule has 0 amide bonds. The van der Waals surface area contributed by atoms with Crippen LogP contribution in [0.2, 0.25) is 0 Å². The summed E-state index contributed by atoms with van der Waals surface area (Å²) in [5.74, 6) is 0. The average Bonchev–Trinajstić information content (AvgIpc) is 2.04. The average molecular weight is 198 g/mol. The van der Waals surface area contributed by atoms with Gasteiger partial charge in [-0.3, -0.25) is 0 Å². The van der Waals surface area contributed by atoms with Crippen molar-refractivity contribution in [1.29, 1.82) is 0 Å². The van der Waals surface area contributed by atoms with E-state index < -0.39 is 13.4 Å². The molecular formula is C9H11O3P. The van der Waals surface area contributed by atoms with Gasteiger partial charge in [0.1, 0.15) is 0 Å². The Bertz CT molecular complexity index is 333. The minimum Gasteiger partial charge on any atom is -0.593 e. The molecule has 2 unspecified atom stereocenters. The van der Waals surface area contributed by atoms with Crippen LogP contribution < -0.4 is 4.89 Å². The molecule has 13 heavy (non-hydrogen) atoms. The summed E-state index contributed by atoms with van der Waals surface area (Å²) in [6.45, 7) is 3.12. The zero-order chi connectivity index (χ0) is 10.1. The van der Waals surface area contributed by atoms with Gasteiger partial charge in [-0.15, -0.1) is 0 Å². The number of hydrogen-bond acceptors (Lipinski definition) is 3. The fourth-order valence-electron chi connectivity index (χ4n) is 1.05. The summed E-state index contributed by atoms with van der Waals surface area (Å²) < 4.78 is 10.7. The van der Waals surface area contributed by atoms with Crippen molar-refractivity contribution in [3.63, 3.8) is 0 Å². The van der Waals surface area contributed by atoms with Gasteiger partial charge in [0.2, 0.25) is 0 Å².